The van der Waals surface area contributed by atoms with Crippen LogP contribution in [0.4, 0.5) is 5.69 Å². The standard InChI is InChI=1S/C17H18N2O6/c1-24-15-8-5-12(9-16(15)25-2)14(20)10-18-17(21)11-3-6-13(7-4-11)19(22)23/h3-9,14,20H,10H2,1-2H3,(H,18,21). The molecular formula is C17H18N2O6. The molecule has 2 rings (SSSR count). The molecule has 0 fully saturated rings. The van der Waals surface area contributed by atoms with E-state index in [1.807, 2.05) is 0 Å². The molecule has 0 saturated carbocycles. The summed E-state index contributed by atoms with van der Waals surface area (Å²) in [4.78, 5) is 22.1. The van der Waals surface area contributed by atoms with Gasteiger partial charge in [0.1, 0.15) is 0 Å². The number of benzene rings is 2. The Labute approximate surface area is 144 Å². The van der Waals surface area contributed by atoms with Gasteiger partial charge in [-0.3, -0.25) is 14.9 Å². The van der Waals surface area contributed by atoms with Crippen LogP contribution in [0.25, 0.3) is 0 Å². The first-order valence-electron chi connectivity index (χ1n) is 7.39. The topological polar surface area (TPSA) is 111 Å². The number of non-ortho nitro benzene ring substituents is 1. The molecule has 1 amide bonds. The highest BCUT2D eigenvalue weighted by Gasteiger charge is 2.14. The van der Waals surface area contributed by atoms with Gasteiger partial charge in [-0.25, -0.2) is 0 Å². The Morgan fingerprint density at radius 1 is 1.16 bits per heavy atom. The van der Waals surface area contributed by atoms with E-state index in [0.29, 0.717) is 17.1 Å². The molecule has 8 heteroatoms. The molecule has 8 nitrogen and oxygen atoms in total. The minimum atomic E-state index is -0.943. The fourth-order valence-corrected chi connectivity index (χ4v) is 2.20. The summed E-state index contributed by atoms with van der Waals surface area (Å²) < 4.78 is 10.3. The lowest BCUT2D eigenvalue weighted by molar-refractivity contribution is -0.384. The summed E-state index contributed by atoms with van der Waals surface area (Å²) in [6, 6.07) is 10.2. The number of amides is 1. The lowest BCUT2D eigenvalue weighted by Gasteiger charge is -2.15. The average Bonchev–Trinajstić information content (AvgIpc) is 2.65. The molecular weight excluding hydrogens is 328 g/mol. The number of ether oxygens (including phenoxy) is 2. The third kappa shape index (κ3) is 4.45. The van der Waals surface area contributed by atoms with Crippen molar-refractivity contribution in [1.82, 2.24) is 5.32 Å². The molecule has 0 aliphatic heterocycles. The number of aliphatic hydroxyl groups is 1. The Morgan fingerprint density at radius 2 is 1.80 bits per heavy atom. The number of carbonyl (C=O) groups excluding carboxylic acids is 1. The molecule has 132 valence electrons. The van der Waals surface area contributed by atoms with Crippen LogP contribution in [-0.2, 0) is 0 Å². The van der Waals surface area contributed by atoms with Crippen LogP contribution in [0.5, 0.6) is 11.5 Å². The van der Waals surface area contributed by atoms with Gasteiger partial charge in [-0.1, -0.05) is 6.07 Å². The summed E-state index contributed by atoms with van der Waals surface area (Å²) >= 11 is 0. The average molecular weight is 346 g/mol. The summed E-state index contributed by atoms with van der Waals surface area (Å²) in [6.45, 7) is -0.0225. The van der Waals surface area contributed by atoms with Crippen LogP contribution < -0.4 is 14.8 Å². The van der Waals surface area contributed by atoms with Crippen LogP contribution in [0.15, 0.2) is 42.5 Å². The zero-order valence-electron chi connectivity index (χ0n) is 13.8. The maximum Gasteiger partial charge on any atom is 0.269 e. The third-order valence-electron chi connectivity index (χ3n) is 3.59. The van der Waals surface area contributed by atoms with Crippen molar-refractivity contribution in [2.75, 3.05) is 20.8 Å². The lowest BCUT2D eigenvalue weighted by atomic mass is 10.1. The van der Waals surface area contributed by atoms with Gasteiger partial charge in [0, 0.05) is 24.2 Å². The zero-order valence-corrected chi connectivity index (χ0v) is 13.8. The SMILES string of the molecule is COc1ccc(C(O)CNC(=O)c2ccc([N+](=O)[O-])cc2)cc1OC. The van der Waals surface area contributed by atoms with Crippen LogP contribution in [0.2, 0.25) is 0 Å². The summed E-state index contributed by atoms with van der Waals surface area (Å²) in [5.74, 6) is 0.573. The molecule has 0 bridgehead atoms. The van der Waals surface area contributed by atoms with Crippen molar-refractivity contribution in [1.29, 1.82) is 0 Å². The fourth-order valence-electron chi connectivity index (χ4n) is 2.20. The van der Waals surface area contributed by atoms with Gasteiger partial charge in [0.25, 0.3) is 11.6 Å². The van der Waals surface area contributed by atoms with Crippen LogP contribution in [0.1, 0.15) is 22.0 Å². The molecule has 0 saturated heterocycles. The van der Waals surface area contributed by atoms with Crippen LogP contribution in [-0.4, -0.2) is 36.7 Å². The Kier molecular flexibility index (Phi) is 5.91. The molecule has 2 N–H and O–H groups in total. The van der Waals surface area contributed by atoms with E-state index >= 15 is 0 Å². The summed E-state index contributed by atoms with van der Waals surface area (Å²) in [5.41, 5.74) is 0.730. The van der Waals surface area contributed by atoms with E-state index in [4.69, 9.17) is 9.47 Å². The number of nitrogens with zero attached hydrogens (tertiary/aromatic N) is 1. The number of methoxy groups -OCH3 is 2. The molecule has 0 aliphatic rings. The maximum atomic E-state index is 12.0. The summed E-state index contributed by atoms with van der Waals surface area (Å²) in [5, 5.41) is 23.4. The van der Waals surface area contributed by atoms with Crippen molar-refractivity contribution in [3.05, 3.63) is 63.7 Å². The Balaban J connectivity index is 2.00. The number of hydrogen-bond donors (Lipinski definition) is 2. The summed E-state index contributed by atoms with van der Waals surface area (Å²) in [6.07, 6.45) is -0.943. The number of aliphatic hydroxyl groups excluding tert-OH is 1. The van der Waals surface area contributed by atoms with E-state index in [-0.39, 0.29) is 17.8 Å². The predicted molar refractivity (Wildman–Crippen MR) is 89.9 cm³/mol. The first kappa shape index (κ1) is 18.2. The molecule has 2 aromatic rings. The van der Waals surface area contributed by atoms with Crippen molar-refractivity contribution in [3.8, 4) is 11.5 Å². The smallest absolute Gasteiger partial charge is 0.269 e. The highest BCUT2D eigenvalue weighted by Crippen LogP contribution is 2.29. The van der Waals surface area contributed by atoms with Gasteiger partial charge in [-0.15, -0.1) is 0 Å². The van der Waals surface area contributed by atoms with Gasteiger partial charge in [0.2, 0.25) is 0 Å². The van der Waals surface area contributed by atoms with Crippen molar-refractivity contribution in [2.45, 2.75) is 6.10 Å². The molecule has 0 aromatic heterocycles. The molecule has 0 heterocycles. The number of carbonyl (C=O) groups is 1. The van der Waals surface area contributed by atoms with Crippen LogP contribution in [0, 0.1) is 10.1 Å². The van der Waals surface area contributed by atoms with E-state index in [9.17, 15) is 20.0 Å². The van der Waals surface area contributed by atoms with Gasteiger partial charge >= 0.3 is 0 Å². The molecule has 25 heavy (non-hydrogen) atoms. The van der Waals surface area contributed by atoms with E-state index in [2.05, 4.69) is 5.32 Å². The van der Waals surface area contributed by atoms with Gasteiger partial charge in [-0.05, 0) is 29.8 Å². The van der Waals surface area contributed by atoms with Gasteiger partial charge in [-0.2, -0.15) is 0 Å². The second-order valence-electron chi connectivity index (χ2n) is 5.14. The summed E-state index contributed by atoms with van der Waals surface area (Å²) in [7, 11) is 3.00. The number of nitrogens with one attached hydrogen (secondary N) is 1. The highest BCUT2D eigenvalue weighted by molar-refractivity contribution is 5.94. The fraction of sp³-hybridized carbons (Fsp3) is 0.235. The Morgan fingerprint density at radius 3 is 2.36 bits per heavy atom. The van der Waals surface area contributed by atoms with Gasteiger partial charge in [0.15, 0.2) is 11.5 Å². The second kappa shape index (κ2) is 8.11. The Hall–Kier alpha value is -3.13. The first-order chi connectivity index (χ1) is 12.0. The number of rotatable bonds is 7. The van der Waals surface area contributed by atoms with Crippen molar-refractivity contribution in [2.24, 2.45) is 0 Å². The highest BCUT2D eigenvalue weighted by atomic mass is 16.6. The van der Waals surface area contributed by atoms with E-state index < -0.39 is 16.9 Å². The minimum Gasteiger partial charge on any atom is -0.493 e. The Bertz CT molecular complexity index is 760. The van der Waals surface area contributed by atoms with Crippen molar-refractivity contribution in [3.63, 3.8) is 0 Å². The van der Waals surface area contributed by atoms with Gasteiger partial charge < -0.3 is 19.9 Å². The number of hydrogen-bond acceptors (Lipinski definition) is 6. The van der Waals surface area contributed by atoms with Gasteiger partial charge in [0.05, 0.1) is 25.2 Å². The van der Waals surface area contributed by atoms with E-state index in [1.165, 1.54) is 38.5 Å². The molecule has 1 unspecified atom stereocenters. The van der Waals surface area contributed by atoms with E-state index in [0.717, 1.165) is 0 Å². The molecule has 0 radical (unpaired) electrons. The predicted octanol–water partition coefficient (Wildman–Crippen LogP) is 2.08. The third-order valence-corrected chi connectivity index (χ3v) is 3.59. The van der Waals surface area contributed by atoms with Crippen LogP contribution >= 0.6 is 0 Å². The second-order valence-corrected chi connectivity index (χ2v) is 5.14. The first-order valence-corrected chi connectivity index (χ1v) is 7.39. The van der Waals surface area contributed by atoms with Crippen molar-refractivity contribution < 1.29 is 24.3 Å². The normalized spacial score (nSPS) is 11.5. The molecule has 0 spiro atoms. The largest absolute Gasteiger partial charge is 0.493 e. The minimum absolute atomic E-state index is 0.0225. The maximum absolute atomic E-state index is 12.0. The van der Waals surface area contributed by atoms with E-state index in [1.54, 1.807) is 18.2 Å². The quantitative estimate of drug-likeness (QED) is 0.586. The molecule has 1 atom stereocenters. The molecule has 2 aromatic carbocycles. The lowest BCUT2D eigenvalue weighted by Crippen LogP contribution is -2.28. The monoisotopic (exact) mass is 346 g/mol. The number of nitro benzene ring substituents is 1. The van der Waals surface area contributed by atoms with Crippen molar-refractivity contribution >= 4 is 11.6 Å². The number of nitro groups is 1. The van der Waals surface area contributed by atoms with Crippen LogP contribution in [0.3, 0.4) is 0 Å². The molecule has 0 aliphatic carbocycles. The zero-order chi connectivity index (χ0) is 18.4.